The summed E-state index contributed by atoms with van der Waals surface area (Å²) in [5, 5.41) is 3.36. The fourth-order valence-electron chi connectivity index (χ4n) is 2.88. The summed E-state index contributed by atoms with van der Waals surface area (Å²) in [5.41, 5.74) is 6.19. The van der Waals surface area contributed by atoms with Crippen LogP contribution in [0.4, 0.5) is 5.82 Å². The minimum absolute atomic E-state index is 0.166. The minimum Gasteiger partial charge on any atom is -0.495 e. The maximum absolute atomic E-state index is 6.19. The van der Waals surface area contributed by atoms with E-state index in [4.69, 9.17) is 15.2 Å². The smallest absolute Gasteiger partial charge is 0.137 e. The quantitative estimate of drug-likeness (QED) is 0.836. The molecule has 5 nitrogen and oxygen atoms in total. The number of anilines is 1. The molecule has 3 N–H and O–H groups in total. The standard InChI is InChI=1S/C13H19N3O2/c1-17-8-4-5-10(15-7-8)16-12-11(14)9-3-2-6-18-13(9)12/h4-5,7,9,11-13H,2-3,6,14H2,1H3,(H,15,16). The zero-order valence-electron chi connectivity index (χ0n) is 10.5. The summed E-state index contributed by atoms with van der Waals surface area (Å²) in [6.45, 7) is 0.849. The van der Waals surface area contributed by atoms with Crippen LogP contribution in [0.5, 0.6) is 5.75 Å². The largest absolute Gasteiger partial charge is 0.495 e. The molecule has 4 atom stereocenters. The highest BCUT2D eigenvalue weighted by atomic mass is 16.5. The van der Waals surface area contributed by atoms with Gasteiger partial charge in [-0.3, -0.25) is 0 Å². The number of fused-ring (bicyclic) bond motifs is 1. The van der Waals surface area contributed by atoms with Gasteiger partial charge in [0.1, 0.15) is 11.6 Å². The zero-order chi connectivity index (χ0) is 12.5. The Morgan fingerprint density at radius 1 is 1.50 bits per heavy atom. The first-order chi connectivity index (χ1) is 8.79. The Kier molecular flexibility index (Phi) is 3.09. The molecule has 1 aliphatic heterocycles. The number of aromatic nitrogens is 1. The van der Waals surface area contributed by atoms with Gasteiger partial charge in [0.2, 0.25) is 0 Å². The fourth-order valence-corrected chi connectivity index (χ4v) is 2.88. The predicted octanol–water partition coefficient (Wildman–Crippen LogP) is 1.01. The van der Waals surface area contributed by atoms with E-state index in [1.807, 2.05) is 12.1 Å². The van der Waals surface area contributed by atoms with Crippen LogP contribution in [-0.2, 0) is 4.74 Å². The van der Waals surface area contributed by atoms with Gasteiger partial charge in [0.05, 0.1) is 25.5 Å². The minimum atomic E-state index is 0.166. The van der Waals surface area contributed by atoms with Crippen LogP contribution in [-0.4, -0.2) is 36.9 Å². The molecule has 0 radical (unpaired) electrons. The Balaban J connectivity index is 1.65. The lowest BCUT2D eigenvalue weighted by Gasteiger charge is -2.52. The van der Waals surface area contributed by atoms with E-state index in [1.165, 1.54) is 6.42 Å². The Labute approximate surface area is 107 Å². The fraction of sp³-hybridized carbons (Fsp3) is 0.615. The molecule has 3 rings (SSSR count). The number of hydrogen-bond donors (Lipinski definition) is 2. The van der Waals surface area contributed by atoms with Crippen LogP contribution in [0, 0.1) is 5.92 Å². The van der Waals surface area contributed by atoms with Gasteiger partial charge in [0, 0.05) is 18.6 Å². The number of ether oxygens (including phenoxy) is 2. The highest BCUT2D eigenvalue weighted by Crippen LogP contribution is 2.38. The molecule has 0 amide bonds. The zero-order valence-corrected chi connectivity index (χ0v) is 10.5. The molecule has 5 heteroatoms. The van der Waals surface area contributed by atoms with E-state index >= 15 is 0 Å². The highest BCUT2D eigenvalue weighted by molar-refractivity contribution is 5.40. The monoisotopic (exact) mass is 249 g/mol. The lowest BCUT2D eigenvalue weighted by molar-refractivity contribution is -0.104. The van der Waals surface area contributed by atoms with Crippen LogP contribution in [0.1, 0.15) is 12.8 Å². The normalized spacial score (nSPS) is 34.3. The average molecular weight is 249 g/mol. The molecule has 0 spiro atoms. The number of methoxy groups -OCH3 is 1. The third-order valence-electron chi connectivity index (χ3n) is 3.96. The second kappa shape index (κ2) is 4.74. The van der Waals surface area contributed by atoms with Crippen molar-refractivity contribution in [2.75, 3.05) is 19.0 Å². The number of nitrogens with zero attached hydrogens (tertiary/aromatic N) is 1. The van der Waals surface area contributed by atoms with Crippen LogP contribution in [0.3, 0.4) is 0 Å². The molecule has 0 aromatic carbocycles. The van der Waals surface area contributed by atoms with Crippen LogP contribution < -0.4 is 15.8 Å². The van der Waals surface area contributed by atoms with Crippen LogP contribution >= 0.6 is 0 Å². The van der Waals surface area contributed by atoms with Crippen molar-refractivity contribution in [1.29, 1.82) is 0 Å². The molecular formula is C13H19N3O2. The van der Waals surface area contributed by atoms with Crippen LogP contribution in [0.2, 0.25) is 0 Å². The average Bonchev–Trinajstić information content (AvgIpc) is 2.45. The molecule has 2 aliphatic rings. The first kappa shape index (κ1) is 11.7. The Bertz CT molecular complexity index is 409. The lowest BCUT2D eigenvalue weighted by atomic mass is 9.68. The van der Waals surface area contributed by atoms with Gasteiger partial charge in [0.25, 0.3) is 0 Å². The van der Waals surface area contributed by atoms with Crippen molar-refractivity contribution in [3.63, 3.8) is 0 Å². The molecule has 18 heavy (non-hydrogen) atoms. The van der Waals surface area contributed by atoms with Crippen LogP contribution in [0.15, 0.2) is 18.3 Å². The van der Waals surface area contributed by atoms with Gasteiger partial charge >= 0.3 is 0 Å². The summed E-state index contributed by atoms with van der Waals surface area (Å²) in [6.07, 6.45) is 4.26. The Morgan fingerprint density at radius 3 is 3.11 bits per heavy atom. The maximum atomic E-state index is 6.19. The lowest BCUT2D eigenvalue weighted by Crippen LogP contribution is -2.69. The second-order valence-corrected chi connectivity index (χ2v) is 4.97. The molecule has 98 valence electrons. The van der Waals surface area contributed by atoms with E-state index in [0.29, 0.717) is 5.92 Å². The number of nitrogens with two attached hydrogens (primary N) is 1. The molecule has 1 aliphatic carbocycles. The van der Waals surface area contributed by atoms with Gasteiger partial charge in [-0.25, -0.2) is 4.98 Å². The van der Waals surface area contributed by atoms with E-state index in [1.54, 1.807) is 13.3 Å². The predicted molar refractivity (Wildman–Crippen MR) is 68.6 cm³/mol. The van der Waals surface area contributed by atoms with E-state index < -0.39 is 0 Å². The van der Waals surface area contributed by atoms with E-state index in [0.717, 1.165) is 24.6 Å². The summed E-state index contributed by atoms with van der Waals surface area (Å²) >= 11 is 0. The molecule has 1 saturated carbocycles. The third kappa shape index (κ3) is 1.93. The van der Waals surface area contributed by atoms with E-state index in [9.17, 15) is 0 Å². The van der Waals surface area contributed by atoms with Gasteiger partial charge < -0.3 is 20.5 Å². The number of rotatable bonds is 3. The van der Waals surface area contributed by atoms with Crippen molar-refractivity contribution in [1.82, 2.24) is 4.98 Å². The highest BCUT2D eigenvalue weighted by Gasteiger charge is 2.50. The van der Waals surface area contributed by atoms with Gasteiger partial charge in [-0.15, -0.1) is 0 Å². The summed E-state index contributed by atoms with van der Waals surface area (Å²) in [7, 11) is 1.63. The summed E-state index contributed by atoms with van der Waals surface area (Å²) < 4.78 is 10.9. The van der Waals surface area contributed by atoms with Crippen molar-refractivity contribution in [2.24, 2.45) is 11.7 Å². The van der Waals surface area contributed by atoms with Crippen molar-refractivity contribution < 1.29 is 9.47 Å². The molecule has 2 heterocycles. The maximum Gasteiger partial charge on any atom is 0.137 e. The topological polar surface area (TPSA) is 69.4 Å². The molecule has 1 aromatic rings. The number of nitrogens with one attached hydrogen (secondary N) is 1. The van der Waals surface area contributed by atoms with Crippen molar-refractivity contribution >= 4 is 5.82 Å². The van der Waals surface area contributed by atoms with Crippen molar-refractivity contribution in [3.8, 4) is 5.75 Å². The Morgan fingerprint density at radius 2 is 2.39 bits per heavy atom. The van der Waals surface area contributed by atoms with E-state index in [-0.39, 0.29) is 18.2 Å². The summed E-state index contributed by atoms with van der Waals surface area (Å²) in [6, 6.07) is 4.14. The number of pyridine rings is 1. The molecule has 4 unspecified atom stereocenters. The first-order valence-corrected chi connectivity index (χ1v) is 6.43. The van der Waals surface area contributed by atoms with Gasteiger partial charge in [0.15, 0.2) is 0 Å². The van der Waals surface area contributed by atoms with Gasteiger partial charge in [-0.05, 0) is 25.0 Å². The third-order valence-corrected chi connectivity index (χ3v) is 3.96. The molecular weight excluding hydrogens is 230 g/mol. The molecule has 2 fully saturated rings. The molecule has 1 aromatic heterocycles. The summed E-state index contributed by atoms with van der Waals surface area (Å²) in [5.74, 6) is 2.09. The van der Waals surface area contributed by atoms with Crippen molar-refractivity contribution in [3.05, 3.63) is 18.3 Å². The number of hydrogen-bond acceptors (Lipinski definition) is 5. The molecule has 0 bridgehead atoms. The first-order valence-electron chi connectivity index (χ1n) is 6.43. The van der Waals surface area contributed by atoms with Crippen LogP contribution in [0.25, 0.3) is 0 Å². The van der Waals surface area contributed by atoms with Crippen molar-refractivity contribution in [2.45, 2.75) is 31.0 Å². The van der Waals surface area contributed by atoms with Gasteiger partial charge in [-0.1, -0.05) is 0 Å². The Hall–Kier alpha value is -1.33. The summed E-state index contributed by atoms with van der Waals surface area (Å²) in [4.78, 5) is 4.30. The van der Waals surface area contributed by atoms with E-state index in [2.05, 4.69) is 10.3 Å². The molecule has 1 saturated heterocycles. The van der Waals surface area contributed by atoms with Gasteiger partial charge in [-0.2, -0.15) is 0 Å². The second-order valence-electron chi connectivity index (χ2n) is 4.97. The SMILES string of the molecule is COc1ccc(NC2C(N)C3CCCOC32)nc1.